The third kappa shape index (κ3) is 2.05. The zero-order valence-electron chi connectivity index (χ0n) is 12.8. The fourth-order valence-electron chi connectivity index (χ4n) is 4.14. The lowest BCUT2D eigenvalue weighted by Crippen LogP contribution is -2.39. The van der Waals surface area contributed by atoms with Crippen molar-refractivity contribution in [1.29, 1.82) is 5.26 Å². The minimum absolute atomic E-state index is 0.129. The molecule has 120 valence electrons. The van der Waals surface area contributed by atoms with Crippen molar-refractivity contribution in [3.8, 4) is 6.07 Å². The zero-order chi connectivity index (χ0) is 16.8. The molecule has 0 aromatic heterocycles. The fourth-order valence-corrected chi connectivity index (χ4v) is 4.14. The molecule has 2 bridgehead atoms. The van der Waals surface area contributed by atoms with Gasteiger partial charge in [0.15, 0.2) is 0 Å². The van der Waals surface area contributed by atoms with Crippen LogP contribution in [0.1, 0.15) is 12.0 Å². The van der Waals surface area contributed by atoms with E-state index >= 15 is 0 Å². The van der Waals surface area contributed by atoms with Crippen LogP contribution in [0.2, 0.25) is 0 Å². The molecule has 4 atom stereocenters. The number of likely N-dealkylation sites (tertiary alicyclic amines) is 1. The van der Waals surface area contributed by atoms with E-state index in [-0.39, 0.29) is 42.0 Å². The van der Waals surface area contributed by atoms with E-state index in [1.165, 1.54) is 0 Å². The number of benzene rings is 1. The van der Waals surface area contributed by atoms with Gasteiger partial charge in [-0.15, -0.1) is 0 Å². The number of para-hydroxylation sites is 1. The Labute approximate surface area is 138 Å². The summed E-state index contributed by atoms with van der Waals surface area (Å²) in [6, 6.07) is 8.61. The minimum Gasteiger partial charge on any atom is -0.323 e. The predicted molar refractivity (Wildman–Crippen MR) is 84.2 cm³/mol. The van der Waals surface area contributed by atoms with Crippen molar-refractivity contribution >= 4 is 23.4 Å². The lowest BCUT2D eigenvalue weighted by atomic mass is 9.85. The van der Waals surface area contributed by atoms with Gasteiger partial charge in [-0.05, 0) is 30.4 Å². The number of amides is 3. The molecule has 2 fully saturated rings. The highest BCUT2D eigenvalue weighted by Crippen LogP contribution is 2.52. The number of rotatable bonds is 3. The van der Waals surface area contributed by atoms with Gasteiger partial charge in [-0.3, -0.25) is 19.3 Å². The molecular weight excluding hydrogens is 306 g/mol. The Morgan fingerprint density at radius 3 is 2.42 bits per heavy atom. The van der Waals surface area contributed by atoms with Crippen LogP contribution in [0.15, 0.2) is 36.4 Å². The fraction of sp³-hybridized carbons (Fsp3) is 0.333. The van der Waals surface area contributed by atoms with Crippen molar-refractivity contribution in [2.45, 2.75) is 6.42 Å². The molecule has 1 heterocycles. The van der Waals surface area contributed by atoms with Gasteiger partial charge in [0.25, 0.3) is 0 Å². The van der Waals surface area contributed by atoms with Gasteiger partial charge in [-0.25, -0.2) is 0 Å². The van der Waals surface area contributed by atoms with Gasteiger partial charge >= 0.3 is 0 Å². The lowest BCUT2D eigenvalue weighted by molar-refractivity contribution is -0.143. The molecule has 0 spiro atoms. The third-order valence-corrected chi connectivity index (χ3v) is 5.18. The summed E-state index contributed by atoms with van der Waals surface area (Å²) in [7, 11) is 0. The number of nitrogens with one attached hydrogen (secondary N) is 1. The van der Waals surface area contributed by atoms with Crippen LogP contribution in [0, 0.1) is 35.0 Å². The quantitative estimate of drug-likeness (QED) is 0.671. The topological polar surface area (TPSA) is 90.3 Å². The van der Waals surface area contributed by atoms with E-state index in [1.54, 1.807) is 24.3 Å². The number of allylic oxidation sites excluding steroid dienone is 2. The first-order valence-electron chi connectivity index (χ1n) is 7.92. The molecular formula is C18H15N3O3. The van der Waals surface area contributed by atoms with Crippen LogP contribution in [0.5, 0.6) is 0 Å². The SMILES string of the molecule is N#Cc1ccccc1NC(=O)CN1C(=O)[C@H]2[C@H](C1=O)[C@H]1C=C[C@H]2C1. The molecule has 1 saturated carbocycles. The van der Waals surface area contributed by atoms with Crippen LogP contribution in [-0.2, 0) is 14.4 Å². The van der Waals surface area contributed by atoms with E-state index in [1.807, 2.05) is 18.2 Å². The maximum Gasteiger partial charge on any atom is 0.244 e. The van der Waals surface area contributed by atoms with Crippen LogP contribution in [0.25, 0.3) is 0 Å². The normalized spacial score (nSPS) is 29.7. The summed E-state index contributed by atoms with van der Waals surface area (Å²) in [6.45, 7) is -0.302. The van der Waals surface area contributed by atoms with Crippen LogP contribution in [-0.4, -0.2) is 29.2 Å². The standard InChI is InChI=1S/C18H15N3O3/c19-8-12-3-1-2-4-13(12)20-14(22)9-21-17(23)15-10-5-6-11(7-10)16(15)18(21)24/h1-6,10-11,15-16H,7,9H2,(H,20,22)/t10-,11-,15+,16+/m0/s1. The molecule has 1 aliphatic heterocycles. The summed E-state index contributed by atoms with van der Waals surface area (Å²) in [4.78, 5) is 38.4. The molecule has 1 N–H and O–H groups in total. The average Bonchev–Trinajstić information content (AvgIpc) is 3.25. The highest BCUT2D eigenvalue weighted by atomic mass is 16.2. The van der Waals surface area contributed by atoms with E-state index in [9.17, 15) is 14.4 Å². The number of anilines is 1. The molecule has 2 aliphatic carbocycles. The van der Waals surface area contributed by atoms with Crippen molar-refractivity contribution in [2.24, 2.45) is 23.7 Å². The summed E-state index contributed by atoms with van der Waals surface area (Å²) in [5.41, 5.74) is 0.718. The number of imide groups is 1. The lowest BCUT2D eigenvalue weighted by Gasteiger charge is -2.17. The van der Waals surface area contributed by atoms with Crippen LogP contribution < -0.4 is 5.32 Å². The third-order valence-electron chi connectivity index (χ3n) is 5.18. The van der Waals surface area contributed by atoms with E-state index in [2.05, 4.69) is 5.32 Å². The smallest absolute Gasteiger partial charge is 0.244 e. The first kappa shape index (κ1) is 14.6. The Balaban J connectivity index is 1.48. The second-order valence-corrected chi connectivity index (χ2v) is 6.47. The number of nitriles is 1. The second-order valence-electron chi connectivity index (χ2n) is 6.47. The van der Waals surface area contributed by atoms with E-state index in [0.717, 1.165) is 11.3 Å². The summed E-state index contributed by atoms with van der Waals surface area (Å²) in [6.07, 6.45) is 4.90. The largest absolute Gasteiger partial charge is 0.323 e. The Kier molecular flexibility index (Phi) is 3.24. The van der Waals surface area contributed by atoms with Crippen LogP contribution in [0.4, 0.5) is 5.69 Å². The molecule has 6 nitrogen and oxygen atoms in total. The van der Waals surface area contributed by atoms with Crippen molar-refractivity contribution in [3.05, 3.63) is 42.0 Å². The van der Waals surface area contributed by atoms with Crippen molar-refractivity contribution in [2.75, 3.05) is 11.9 Å². The van der Waals surface area contributed by atoms with Gasteiger partial charge < -0.3 is 5.32 Å². The monoisotopic (exact) mass is 321 g/mol. The van der Waals surface area contributed by atoms with Crippen molar-refractivity contribution in [3.63, 3.8) is 0 Å². The van der Waals surface area contributed by atoms with Gasteiger partial charge in [0, 0.05) is 0 Å². The Morgan fingerprint density at radius 1 is 1.17 bits per heavy atom. The molecule has 4 rings (SSSR count). The van der Waals surface area contributed by atoms with Crippen molar-refractivity contribution < 1.29 is 14.4 Å². The number of hydrogen-bond donors (Lipinski definition) is 1. The van der Waals surface area contributed by atoms with Gasteiger partial charge in [0.2, 0.25) is 17.7 Å². The Morgan fingerprint density at radius 2 is 1.79 bits per heavy atom. The van der Waals surface area contributed by atoms with E-state index in [0.29, 0.717) is 11.3 Å². The van der Waals surface area contributed by atoms with E-state index in [4.69, 9.17) is 5.26 Å². The predicted octanol–water partition coefficient (Wildman–Crippen LogP) is 1.30. The highest BCUT2D eigenvalue weighted by Gasteiger charge is 2.59. The molecule has 24 heavy (non-hydrogen) atoms. The molecule has 6 heteroatoms. The Bertz CT molecular complexity index is 793. The van der Waals surface area contributed by atoms with Gasteiger partial charge in [-0.2, -0.15) is 5.26 Å². The molecule has 0 radical (unpaired) electrons. The van der Waals surface area contributed by atoms with Gasteiger partial charge in [0.05, 0.1) is 23.1 Å². The first-order valence-corrected chi connectivity index (χ1v) is 7.92. The molecule has 3 amide bonds. The molecule has 0 unspecified atom stereocenters. The number of fused-ring (bicyclic) bond motifs is 5. The first-order chi connectivity index (χ1) is 11.6. The summed E-state index contributed by atoms with van der Waals surface area (Å²) in [5.74, 6) is -1.30. The molecule has 1 saturated heterocycles. The van der Waals surface area contributed by atoms with Gasteiger partial charge in [-0.1, -0.05) is 24.3 Å². The van der Waals surface area contributed by atoms with Gasteiger partial charge in [0.1, 0.15) is 12.6 Å². The van der Waals surface area contributed by atoms with E-state index < -0.39 is 5.91 Å². The number of hydrogen-bond acceptors (Lipinski definition) is 4. The number of carbonyl (C=O) groups is 3. The molecule has 1 aromatic carbocycles. The zero-order valence-corrected chi connectivity index (χ0v) is 12.8. The highest BCUT2D eigenvalue weighted by molar-refractivity contribution is 6.09. The molecule has 1 aromatic rings. The number of nitrogens with zero attached hydrogens (tertiary/aromatic N) is 2. The number of carbonyl (C=O) groups excluding carboxylic acids is 3. The minimum atomic E-state index is -0.473. The van der Waals surface area contributed by atoms with Crippen LogP contribution in [0.3, 0.4) is 0 Å². The average molecular weight is 321 g/mol. The maximum absolute atomic E-state index is 12.5. The summed E-state index contributed by atoms with van der Waals surface area (Å²) >= 11 is 0. The maximum atomic E-state index is 12.5. The summed E-state index contributed by atoms with van der Waals surface area (Å²) < 4.78 is 0. The van der Waals surface area contributed by atoms with Crippen molar-refractivity contribution in [1.82, 2.24) is 4.90 Å². The van der Waals surface area contributed by atoms with Crippen LogP contribution >= 0.6 is 0 Å². The second kappa shape index (κ2) is 5.31. The summed E-state index contributed by atoms with van der Waals surface area (Å²) in [5, 5.41) is 11.7. The Hall–Kier alpha value is -2.94. The molecule has 3 aliphatic rings.